The number of nitrogens with zero attached hydrogens (tertiary/aromatic N) is 5. The number of aromatic nitrogens is 3. The van der Waals surface area contributed by atoms with Crippen molar-refractivity contribution in [3.63, 3.8) is 0 Å². The third kappa shape index (κ3) is 2.08. The van der Waals surface area contributed by atoms with Crippen molar-refractivity contribution in [1.29, 1.82) is 5.26 Å². The number of hydrogen-bond donors (Lipinski definition) is 1. The fourth-order valence-electron chi connectivity index (χ4n) is 2.97. The van der Waals surface area contributed by atoms with Gasteiger partial charge >= 0.3 is 6.03 Å². The number of aromatic amines is 1. The van der Waals surface area contributed by atoms with E-state index in [2.05, 4.69) is 21.0 Å². The van der Waals surface area contributed by atoms with E-state index in [0.29, 0.717) is 11.6 Å². The van der Waals surface area contributed by atoms with Gasteiger partial charge in [0.2, 0.25) is 5.95 Å². The number of urea groups is 1. The summed E-state index contributed by atoms with van der Waals surface area (Å²) >= 11 is 0. The average Bonchev–Trinajstić information content (AvgIpc) is 3.17. The largest absolute Gasteiger partial charge is 0.332 e. The SMILES string of the molecule is Cc1c[nH]c(N2CC(C#N)N(c3cncc4ccccc34)C2=O)n1. The number of fused-ring (bicyclic) bond motifs is 1. The maximum absolute atomic E-state index is 12.9. The predicted molar refractivity (Wildman–Crippen MR) is 89.7 cm³/mol. The Labute approximate surface area is 138 Å². The minimum atomic E-state index is -0.601. The summed E-state index contributed by atoms with van der Waals surface area (Å²) in [5, 5.41) is 11.3. The lowest BCUT2D eigenvalue weighted by molar-refractivity contribution is 0.255. The number of hydrogen-bond acceptors (Lipinski definition) is 4. The van der Waals surface area contributed by atoms with Crippen LogP contribution in [0.15, 0.2) is 42.9 Å². The van der Waals surface area contributed by atoms with Crippen LogP contribution in [0, 0.1) is 18.3 Å². The second kappa shape index (κ2) is 5.35. The molecule has 1 fully saturated rings. The molecular weight excluding hydrogens is 304 g/mol. The molecule has 0 spiro atoms. The Balaban J connectivity index is 1.81. The van der Waals surface area contributed by atoms with Crippen LogP contribution in [0.5, 0.6) is 0 Å². The van der Waals surface area contributed by atoms with Crippen molar-refractivity contribution in [2.24, 2.45) is 0 Å². The van der Waals surface area contributed by atoms with E-state index < -0.39 is 6.04 Å². The molecule has 7 heteroatoms. The Morgan fingerprint density at radius 1 is 1.33 bits per heavy atom. The maximum Gasteiger partial charge on any atom is 0.332 e. The van der Waals surface area contributed by atoms with Gasteiger partial charge in [0.25, 0.3) is 0 Å². The average molecular weight is 318 g/mol. The smallest absolute Gasteiger partial charge is 0.330 e. The first-order valence-electron chi connectivity index (χ1n) is 7.54. The zero-order valence-corrected chi connectivity index (χ0v) is 13.0. The minimum absolute atomic E-state index is 0.255. The van der Waals surface area contributed by atoms with Crippen molar-refractivity contribution in [2.75, 3.05) is 16.3 Å². The number of amides is 2. The molecule has 1 saturated heterocycles. The lowest BCUT2D eigenvalue weighted by Gasteiger charge is -2.20. The number of anilines is 2. The molecule has 0 saturated carbocycles. The Bertz CT molecular complexity index is 967. The van der Waals surface area contributed by atoms with Crippen LogP contribution in [0.3, 0.4) is 0 Å². The van der Waals surface area contributed by atoms with Crippen LogP contribution >= 0.6 is 0 Å². The molecular formula is C17H14N6O. The number of carbonyl (C=O) groups is 1. The van der Waals surface area contributed by atoms with Crippen LogP contribution in [0.2, 0.25) is 0 Å². The van der Waals surface area contributed by atoms with Gasteiger partial charge in [0.05, 0.1) is 30.2 Å². The van der Waals surface area contributed by atoms with E-state index in [0.717, 1.165) is 16.5 Å². The third-order valence-corrected chi connectivity index (χ3v) is 4.11. The van der Waals surface area contributed by atoms with Crippen LogP contribution < -0.4 is 9.80 Å². The molecule has 7 nitrogen and oxygen atoms in total. The van der Waals surface area contributed by atoms with Crippen molar-refractivity contribution in [3.8, 4) is 6.07 Å². The number of pyridine rings is 1. The van der Waals surface area contributed by atoms with Crippen LogP contribution in [0.1, 0.15) is 5.69 Å². The van der Waals surface area contributed by atoms with E-state index in [4.69, 9.17) is 0 Å². The van der Waals surface area contributed by atoms with Gasteiger partial charge in [-0.3, -0.25) is 14.8 Å². The number of nitrogens with one attached hydrogen (secondary N) is 1. The van der Waals surface area contributed by atoms with Crippen LogP contribution in [-0.4, -0.2) is 33.6 Å². The molecule has 0 bridgehead atoms. The Morgan fingerprint density at radius 3 is 2.92 bits per heavy atom. The summed E-state index contributed by atoms with van der Waals surface area (Å²) in [5.41, 5.74) is 1.42. The van der Waals surface area contributed by atoms with E-state index in [1.165, 1.54) is 9.80 Å². The molecule has 1 atom stereocenters. The molecule has 1 aromatic carbocycles. The molecule has 1 unspecified atom stereocenters. The first-order chi connectivity index (χ1) is 11.7. The van der Waals surface area contributed by atoms with E-state index >= 15 is 0 Å². The Hall–Kier alpha value is -3.40. The third-order valence-electron chi connectivity index (χ3n) is 4.11. The van der Waals surface area contributed by atoms with Crippen molar-refractivity contribution in [2.45, 2.75) is 13.0 Å². The number of carbonyl (C=O) groups excluding carboxylic acids is 1. The molecule has 1 aliphatic rings. The number of benzene rings is 1. The number of imidazole rings is 1. The molecule has 3 heterocycles. The molecule has 118 valence electrons. The van der Waals surface area contributed by atoms with Crippen molar-refractivity contribution >= 4 is 28.4 Å². The highest BCUT2D eigenvalue weighted by Crippen LogP contribution is 2.32. The second-order valence-corrected chi connectivity index (χ2v) is 5.65. The summed E-state index contributed by atoms with van der Waals surface area (Å²) in [6.07, 6.45) is 5.10. The molecule has 1 N–H and O–H groups in total. The molecule has 1 aliphatic heterocycles. The highest BCUT2D eigenvalue weighted by Gasteiger charge is 2.41. The highest BCUT2D eigenvalue weighted by molar-refractivity contribution is 6.11. The first-order valence-corrected chi connectivity index (χ1v) is 7.54. The van der Waals surface area contributed by atoms with Crippen molar-refractivity contribution in [3.05, 3.63) is 48.5 Å². The van der Waals surface area contributed by atoms with E-state index in [-0.39, 0.29) is 12.6 Å². The van der Waals surface area contributed by atoms with Crippen molar-refractivity contribution < 1.29 is 4.79 Å². The topological polar surface area (TPSA) is 88.9 Å². The van der Waals surface area contributed by atoms with Gasteiger partial charge in [0.1, 0.15) is 6.04 Å². The molecule has 2 aromatic heterocycles. The Kier molecular flexibility index (Phi) is 3.17. The first kappa shape index (κ1) is 14.2. The van der Waals surface area contributed by atoms with Gasteiger partial charge in [-0.2, -0.15) is 5.26 Å². The lowest BCUT2D eigenvalue weighted by atomic mass is 10.1. The standard InChI is InChI=1S/C17H14N6O/c1-11-7-20-16(21-11)22-10-13(6-18)23(17(22)24)15-9-19-8-12-4-2-3-5-14(12)15/h2-5,7-9,13H,10H2,1H3,(H,20,21). The summed E-state index contributed by atoms with van der Waals surface area (Å²) in [4.78, 5) is 27.4. The maximum atomic E-state index is 12.9. The predicted octanol–water partition coefficient (Wildman–Crippen LogP) is 2.61. The van der Waals surface area contributed by atoms with Gasteiger partial charge in [-0.05, 0) is 6.92 Å². The van der Waals surface area contributed by atoms with Gasteiger partial charge in [0, 0.05) is 23.2 Å². The summed E-state index contributed by atoms with van der Waals surface area (Å²) in [5.74, 6) is 0.452. The molecule has 3 aromatic rings. The van der Waals surface area contributed by atoms with E-state index in [9.17, 15) is 10.1 Å². The number of aryl methyl sites for hydroxylation is 1. The summed E-state index contributed by atoms with van der Waals surface area (Å²) in [6.45, 7) is 2.10. The lowest BCUT2D eigenvalue weighted by Crippen LogP contribution is -2.35. The van der Waals surface area contributed by atoms with Gasteiger partial charge < -0.3 is 4.98 Å². The number of rotatable bonds is 2. The van der Waals surface area contributed by atoms with Gasteiger partial charge in [-0.25, -0.2) is 9.78 Å². The van der Waals surface area contributed by atoms with Crippen molar-refractivity contribution in [1.82, 2.24) is 15.0 Å². The summed E-state index contributed by atoms with van der Waals surface area (Å²) in [7, 11) is 0. The minimum Gasteiger partial charge on any atom is -0.330 e. The molecule has 0 aliphatic carbocycles. The van der Waals surface area contributed by atoms with Crippen LogP contribution in [0.25, 0.3) is 10.8 Å². The highest BCUT2D eigenvalue weighted by atomic mass is 16.2. The van der Waals surface area contributed by atoms with Crippen LogP contribution in [-0.2, 0) is 0 Å². The molecule has 4 rings (SSSR count). The monoisotopic (exact) mass is 318 g/mol. The molecule has 2 amide bonds. The summed E-state index contributed by atoms with van der Waals surface area (Å²) < 4.78 is 0. The second-order valence-electron chi connectivity index (χ2n) is 5.65. The van der Waals surface area contributed by atoms with E-state index in [1.54, 1.807) is 18.6 Å². The van der Waals surface area contributed by atoms with E-state index in [1.807, 2.05) is 31.2 Å². The zero-order valence-electron chi connectivity index (χ0n) is 13.0. The summed E-state index contributed by atoms with van der Waals surface area (Å²) in [6, 6.07) is 9.00. The zero-order chi connectivity index (χ0) is 16.7. The fraction of sp³-hybridized carbons (Fsp3) is 0.176. The van der Waals surface area contributed by atoms with Gasteiger partial charge in [-0.1, -0.05) is 24.3 Å². The molecule has 0 radical (unpaired) electrons. The fourth-order valence-corrected chi connectivity index (χ4v) is 2.97. The molecule has 24 heavy (non-hydrogen) atoms. The quantitative estimate of drug-likeness (QED) is 0.786. The number of H-pyrrole nitrogens is 1. The van der Waals surface area contributed by atoms with Crippen LogP contribution in [0.4, 0.5) is 16.4 Å². The van der Waals surface area contributed by atoms with Gasteiger partial charge in [0.15, 0.2) is 0 Å². The number of nitriles is 1. The normalized spacial score (nSPS) is 17.5. The van der Waals surface area contributed by atoms with Gasteiger partial charge in [-0.15, -0.1) is 0 Å². The Morgan fingerprint density at radius 2 is 2.17 bits per heavy atom.